The highest BCUT2D eigenvalue weighted by atomic mass is 32.1. The fourth-order valence-corrected chi connectivity index (χ4v) is 3.86. The van der Waals surface area contributed by atoms with Gasteiger partial charge < -0.3 is 15.4 Å². The summed E-state index contributed by atoms with van der Waals surface area (Å²) >= 11 is 1.41. The molecule has 2 amide bonds. The molecular weight excluding hydrogens is 352 g/mol. The van der Waals surface area contributed by atoms with E-state index in [9.17, 15) is 9.59 Å². The monoisotopic (exact) mass is 376 g/mol. The molecule has 2 N–H and O–H groups in total. The molecule has 140 valence electrons. The summed E-state index contributed by atoms with van der Waals surface area (Å²) in [6.45, 7) is 6.69. The van der Waals surface area contributed by atoms with E-state index in [1.54, 1.807) is 0 Å². The van der Waals surface area contributed by atoms with E-state index in [0.717, 1.165) is 55.0 Å². The number of hydrogen-bond acceptors (Lipinski definition) is 6. The summed E-state index contributed by atoms with van der Waals surface area (Å²) in [6.07, 6.45) is 1.29. The second kappa shape index (κ2) is 9.07. The number of morpholine rings is 1. The summed E-state index contributed by atoms with van der Waals surface area (Å²) in [5.41, 5.74) is 1.77. The minimum atomic E-state index is -0.138. The van der Waals surface area contributed by atoms with Crippen LogP contribution in [0, 0.1) is 0 Å². The average Bonchev–Trinajstić information content (AvgIpc) is 3.00. The molecule has 1 aromatic heterocycles. The lowest BCUT2D eigenvalue weighted by Crippen LogP contribution is -2.38. The molecule has 1 aliphatic heterocycles. The number of carbonyl (C=O) groups excluding carboxylic acids is 2. The van der Waals surface area contributed by atoms with Crippen molar-refractivity contribution in [2.24, 2.45) is 0 Å². The SMILES string of the molecule is CC(=O)Nc1nc2ccc(CC(=O)NCCCN3CCOCC3)cc2s1. The van der Waals surface area contributed by atoms with E-state index in [1.165, 1.54) is 18.3 Å². The number of nitrogens with zero attached hydrogens (tertiary/aromatic N) is 2. The molecule has 0 radical (unpaired) electrons. The van der Waals surface area contributed by atoms with Crippen LogP contribution in [-0.2, 0) is 20.7 Å². The second-order valence-electron chi connectivity index (χ2n) is 6.34. The Morgan fingerprint density at radius 3 is 2.88 bits per heavy atom. The normalized spacial score (nSPS) is 15.1. The van der Waals surface area contributed by atoms with Crippen LogP contribution in [0.3, 0.4) is 0 Å². The predicted molar refractivity (Wildman–Crippen MR) is 103 cm³/mol. The standard InChI is InChI=1S/C18H24N4O3S/c1-13(23)20-18-21-15-4-3-14(11-16(15)26-18)12-17(24)19-5-2-6-22-7-9-25-10-8-22/h3-4,11H,2,5-10,12H2,1H3,(H,19,24)(H,20,21,23). The number of nitrogens with one attached hydrogen (secondary N) is 2. The van der Waals surface area contributed by atoms with Gasteiger partial charge in [0.1, 0.15) is 0 Å². The summed E-state index contributed by atoms with van der Waals surface area (Å²) in [5, 5.41) is 6.26. The molecule has 0 atom stereocenters. The highest BCUT2D eigenvalue weighted by molar-refractivity contribution is 7.22. The molecule has 0 spiro atoms. The summed E-state index contributed by atoms with van der Waals surface area (Å²) < 4.78 is 6.29. The van der Waals surface area contributed by atoms with E-state index in [2.05, 4.69) is 20.5 Å². The van der Waals surface area contributed by atoms with Crippen LogP contribution in [0.1, 0.15) is 18.9 Å². The fourth-order valence-electron chi connectivity index (χ4n) is 2.89. The first-order valence-electron chi connectivity index (χ1n) is 8.84. The molecular formula is C18H24N4O3S. The molecule has 1 aromatic carbocycles. The summed E-state index contributed by atoms with van der Waals surface area (Å²) in [6, 6.07) is 5.76. The quantitative estimate of drug-likeness (QED) is 0.718. The lowest BCUT2D eigenvalue weighted by molar-refractivity contribution is -0.120. The number of hydrogen-bond donors (Lipinski definition) is 2. The Balaban J connectivity index is 1.45. The fraction of sp³-hybridized carbons (Fsp3) is 0.500. The topological polar surface area (TPSA) is 83.6 Å². The lowest BCUT2D eigenvalue weighted by atomic mass is 10.1. The third kappa shape index (κ3) is 5.48. The Morgan fingerprint density at radius 2 is 2.12 bits per heavy atom. The van der Waals surface area contributed by atoms with Gasteiger partial charge in [-0.1, -0.05) is 17.4 Å². The molecule has 2 heterocycles. The van der Waals surface area contributed by atoms with Crippen molar-refractivity contribution in [1.82, 2.24) is 15.2 Å². The van der Waals surface area contributed by atoms with Gasteiger partial charge in [-0.25, -0.2) is 4.98 Å². The van der Waals surface area contributed by atoms with Crippen molar-refractivity contribution in [3.05, 3.63) is 23.8 Å². The van der Waals surface area contributed by atoms with Crippen molar-refractivity contribution in [3.63, 3.8) is 0 Å². The maximum atomic E-state index is 12.1. The molecule has 2 aromatic rings. The maximum Gasteiger partial charge on any atom is 0.224 e. The third-order valence-electron chi connectivity index (χ3n) is 4.18. The van der Waals surface area contributed by atoms with Gasteiger partial charge in [-0.15, -0.1) is 0 Å². The van der Waals surface area contributed by atoms with E-state index in [1.807, 2.05) is 18.2 Å². The zero-order valence-electron chi connectivity index (χ0n) is 14.9. The number of carbonyl (C=O) groups is 2. The van der Waals surface area contributed by atoms with E-state index < -0.39 is 0 Å². The van der Waals surface area contributed by atoms with Crippen LogP contribution in [0.15, 0.2) is 18.2 Å². The zero-order valence-corrected chi connectivity index (χ0v) is 15.7. The second-order valence-corrected chi connectivity index (χ2v) is 7.37. The van der Waals surface area contributed by atoms with Crippen LogP contribution >= 0.6 is 11.3 Å². The first-order valence-corrected chi connectivity index (χ1v) is 9.65. The number of anilines is 1. The Labute approximate surface area is 156 Å². The highest BCUT2D eigenvalue weighted by Crippen LogP contribution is 2.26. The van der Waals surface area contributed by atoms with Crippen LogP contribution in [0.5, 0.6) is 0 Å². The molecule has 0 bridgehead atoms. The van der Waals surface area contributed by atoms with Crippen molar-refractivity contribution >= 4 is 38.5 Å². The van der Waals surface area contributed by atoms with Crippen molar-refractivity contribution < 1.29 is 14.3 Å². The van der Waals surface area contributed by atoms with E-state index >= 15 is 0 Å². The molecule has 3 rings (SSSR count). The third-order valence-corrected chi connectivity index (χ3v) is 5.11. The molecule has 1 fully saturated rings. The van der Waals surface area contributed by atoms with Gasteiger partial charge in [0.05, 0.1) is 29.9 Å². The molecule has 0 saturated carbocycles. The number of ether oxygens (including phenoxy) is 1. The van der Waals surface area contributed by atoms with Crippen LogP contribution in [0.25, 0.3) is 10.2 Å². The van der Waals surface area contributed by atoms with Crippen molar-refractivity contribution in [2.45, 2.75) is 19.8 Å². The number of amides is 2. The van der Waals surface area contributed by atoms with Crippen molar-refractivity contribution in [1.29, 1.82) is 0 Å². The maximum absolute atomic E-state index is 12.1. The zero-order chi connectivity index (χ0) is 18.4. The molecule has 1 aliphatic rings. The Bertz CT molecular complexity index is 771. The van der Waals surface area contributed by atoms with Gasteiger partial charge >= 0.3 is 0 Å². The van der Waals surface area contributed by atoms with Gasteiger partial charge in [-0.2, -0.15) is 0 Å². The minimum Gasteiger partial charge on any atom is -0.379 e. The Morgan fingerprint density at radius 1 is 1.31 bits per heavy atom. The van der Waals surface area contributed by atoms with Gasteiger partial charge in [0.25, 0.3) is 0 Å². The average molecular weight is 376 g/mol. The van der Waals surface area contributed by atoms with Gasteiger partial charge in [-0.05, 0) is 30.7 Å². The smallest absolute Gasteiger partial charge is 0.224 e. The number of benzene rings is 1. The first kappa shape index (κ1) is 18.8. The van der Waals surface area contributed by atoms with Crippen LogP contribution < -0.4 is 10.6 Å². The molecule has 8 heteroatoms. The van der Waals surface area contributed by atoms with Crippen LogP contribution in [0.2, 0.25) is 0 Å². The highest BCUT2D eigenvalue weighted by Gasteiger charge is 2.11. The summed E-state index contributed by atoms with van der Waals surface area (Å²) in [4.78, 5) is 30.0. The van der Waals surface area contributed by atoms with Crippen LogP contribution in [-0.4, -0.2) is 61.1 Å². The van der Waals surface area contributed by atoms with E-state index in [4.69, 9.17) is 4.74 Å². The Kier molecular flexibility index (Phi) is 6.54. The predicted octanol–water partition coefficient (Wildman–Crippen LogP) is 1.64. The minimum absolute atomic E-state index is 0.0259. The summed E-state index contributed by atoms with van der Waals surface area (Å²) in [5.74, 6) is -0.112. The number of rotatable bonds is 7. The van der Waals surface area contributed by atoms with Gasteiger partial charge in [-0.3, -0.25) is 14.5 Å². The lowest BCUT2D eigenvalue weighted by Gasteiger charge is -2.26. The van der Waals surface area contributed by atoms with Gasteiger partial charge in [0.2, 0.25) is 11.8 Å². The number of fused-ring (bicyclic) bond motifs is 1. The van der Waals surface area contributed by atoms with Crippen molar-refractivity contribution in [3.8, 4) is 0 Å². The van der Waals surface area contributed by atoms with Crippen LogP contribution in [0.4, 0.5) is 5.13 Å². The van der Waals surface area contributed by atoms with Gasteiger partial charge in [0.15, 0.2) is 5.13 Å². The van der Waals surface area contributed by atoms with E-state index in [-0.39, 0.29) is 11.8 Å². The van der Waals surface area contributed by atoms with Crippen molar-refractivity contribution in [2.75, 3.05) is 44.7 Å². The molecule has 0 aliphatic carbocycles. The molecule has 0 unspecified atom stereocenters. The Hall–Kier alpha value is -2.03. The molecule has 7 nitrogen and oxygen atoms in total. The molecule has 26 heavy (non-hydrogen) atoms. The number of aromatic nitrogens is 1. The van der Waals surface area contributed by atoms with E-state index in [0.29, 0.717) is 18.1 Å². The number of thiazole rings is 1. The molecule has 1 saturated heterocycles. The largest absolute Gasteiger partial charge is 0.379 e. The van der Waals surface area contributed by atoms with Gasteiger partial charge in [0, 0.05) is 26.6 Å². The first-order chi connectivity index (χ1) is 12.6. The summed E-state index contributed by atoms with van der Waals surface area (Å²) in [7, 11) is 0.